The first kappa shape index (κ1) is 26.6. The Morgan fingerprint density at radius 1 is 0.868 bits per heavy atom. The third-order valence-electron chi connectivity index (χ3n) is 5.98. The zero-order valence-electron chi connectivity index (χ0n) is 21.0. The second-order valence-electron chi connectivity index (χ2n) is 8.22. The number of hydrogen-bond acceptors (Lipinski definition) is 8. The number of halogens is 1. The van der Waals surface area contributed by atoms with E-state index in [0.717, 1.165) is 0 Å². The molecule has 1 atom stereocenters. The van der Waals surface area contributed by atoms with Crippen molar-refractivity contribution < 1.29 is 38.4 Å². The third-order valence-corrected chi connectivity index (χ3v) is 6.28. The summed E-state index contributed by atoms with van der Waals surface area (Å²) < 4.78 is 21.0. The standard InChI is InChI=1S/C28H24ClNO8/c1-15(31)38-19-9-5-16(6-10-19)25-24(26(32)20-13-21(29)23(37-4)14-22(20)36-3)27(33)28(34)30(25)17-7-11-18(35-2)12-8-17/h5-14,25,32H,1-4H3/b26-24+. The molecule has 10 heteroatoms. The molecule has 1 aliphatic rings. The molecular formula is C28H24ClNO8. The van der Waals surface area contributed by atoms with Gasteiger partial charge in [-0.05, 0) is 48.0 Å². The molecule has 1 amide bonds. The van der Waals surface area contributed by atoms with E-state index in [2.05, 4.69) is 0 Å². The molecule has 38 heavy (non-hydrogen) atoms. The van der Waals surface area contributed by atoms with E-state index in [9.17, 15) is 19.5 Å². The fourth-order valence-electron chi connectivity index (χ4n) is 4.23. The Bertz CT molecular complexity index is 1430. The summed E-state index contributed by atoms with van der Waals surface area (Å²) in [6.07, 6.45) is 0. The molecule has 0 aromatic heterocycles. The topological polar surface area (TPSA) is 112 Å². The van der Waals surface area contributed by atoms with Crippen molar-refractivity contribution in [2.45, 2.75) is 13.0 Å². The van der Waals surface area contributed by atoms with E-state index in [1.54, 1.807) is 36.4 Å². The highest BCUT2D eigenvalue weighted by Crippen LogP contribution is 2.45. The van der Waals surface area contributed by atoms with E-state index in [4.69, 9.17) is 30.5 Å². The normalized spacial score (nSPS) is 16.3. The number of amides is 1. The Labute approximate surface area is 223 Å². The first-order valence-electron chi connectivity index (χ1n) is 11.4. The van der Waals surface area contributed by atoms with Gasteiger partial charge in [-0.3, -0.25) is 19.3 Å². The van der Waals surface area contributed by atoms with Gasteiger partial charge in [-0.25, -0.2) is 0 Å². The van der Waals surface area contributed by atoms with Gasteiger partial charge in [-0.15, -0.1) is 0 Å². The maximum absolute atomic E-state index is 13.4. The lowest BCUT2D eigenvalue weighted by atomic mass is 9.94. The van der Waals surface area contributed by atoms with E-state index in [1.807, 2.05) is 0 Å². The minimum absolute atomic E-state index is 0.104. The number of aliphatic hydroxyl groups excluding tert-OH is 1. The molecule has 1 fully saturated rings. The summed E-state index contributed by atoms with van der Waals surface area (Å²) in [6.45, 7) is 1.28. The molecule has 0 saturated carbocycles. The molecule has 3 aromatic rings. The number of carbonyl (C=O) groups is 3. The van der Waals surface area contributed by atoms with E-state index in [1.165, 1.54) is 57.4 Å². The molecule has 0 spiro atoms. The van der Waals surface area contributed by atoms with Crippen molar-refractivity contribution >= 4 is 40.7 Å². The van der Waals surface area contributed by atoms with Crippen molar-refractivity contribution in [3.63, 3.8) is 0 Å². The number of ketones is 1. The van der Waals surface area contributed by atoms with Gasteiger partial charge < -0.3 is 24.1 Å². The number of nitrogens with zero attached hydrogens (tertiary/aromatic N) is 1. The molecule has 9 nitrogen and oxygen atoms in total. The number of methoxy groups -OCH3 is 3. The Morgan fingerprint density at radius 3 is 2.03 bits per heavy atom. The van der Waals surface area contributed by atoms with E-state index < -0.39 is 29.5 Å². The predicted octanol–water partition coefficient (Wildman–Crippen LogP) is 4.92. The Hall–Kier alpha value is -4.50. The van der Waals surface area contributed by atoms with Crippen LogP contribution in [0.4, 0.5) is 5.69 Å². The third kappa shape index (κ3) is 4.88. The molecule has 0 aliphatic carbocycles. The second-order valence-corrected chi connectivity index (χ2v) is 8.62. The van der Waals surface area contributed by atoms with Crippen molar-refractivity contribution in [3.05, 3.63) is 82.4 Å². The van der Waals surface area contributed by atoms with Gasteiger partial charge in [0.15, 0.2) is 0 Å². The average Bonchev–Trinajstić information content (AvgIpc) is 3.18. The predicted molar refractivity (Wildman–Crippen MR) is 140 cm³/mol. The number of Topliss-reactive ketones (excluding diaryl/α,β-unsaturated/α-hetero) is 1. The lowest BCUT2D eigenvalue weighted by molar-refractivity contribution is -0.132. The molecule has 3 aromatic carbocycles. The number of anilines is 1. The van der Waals surface area contributed by atoms with E-state index in [-0.39, 0.29) is 27.7 Å². The number of hydrogen-bond donors (Lipinski definition) is 1. The van der Waals surface area contributed by atoms with Crippen LogP contribution in [0.5, 0.6) is 23.0 Å². The minimum Gasteiger partial charge on any atom is -0.507 e. The highest BCUT2D eigenvalue weighted by atomic mass is 35.5. The lowest BCUT2D eigenvalue weighted by Gasteiger charge is -2.26. The fraction of sp³-hybridized carbons (Fsp3) is 0.179. The van der Waals surface area contributed by atoms with Crippen LogP contribution in [-0.4, -0.2) is 44.1 Å². The van der Waals surface area contributed by atoms with Crippen LogP contribution in [0.2, 0.25) is 5.02 Å². The molecule has 4 rings (SSSR count). The van der Waals surface area contributed by atoms with Gasteiger partial charge in [0, 0.05) is 18.7 Å². The number of carbonyl (C=O) groups excluding carboxylic acids is 3. The van der Waals surface area contributed by atoms with Crippen molar-refractivity contribution in [2.75, 3.05) is 26.2 Å². The fourth-order valence-corrected chi connectivity index (χ4v) is 4.47. The first-order valence-corrected chi connectivity index (χ1v) is 11.7. The summed E-state index contributed by atoms with van der Waals surface area (Å²) in [5, 5.41) is 11.6. The molecule has 1 aliphatic heterocycles. The van der Waals surface area contributed by atoms with Crippen LogP contribution in [-0.2, 0) is 14.4 Å². The zero-order valence-corrected chi connectivity index (χ0v) is 21.7. The first-order chi connectivity index (χ1) is 18.2. The average molecular weight is 538 g/mol. The summed E-state index contributed by atoms with van der Waals surface area (Å²) in [4.78, 5) is 39.4. The van der Waals surface area contributed by atoms with Gasteiger partial charge in [0.05, 0.1) is 43.5 Å². The van der Waals surface area contributed by atoms with Crippen LogP contribution in [0, 0.1) is 0 Å². The van der Waals surface area contributed by atoms with Gasteiger partial charge in [0.2, 0.25) is 0 Å². The maximum atomic E-state index is 13.4. The van der Waals surface area contributed by atoms with Gasteiger partial charge in [-0.1, -0.05) is 23.7 Å². The van der Waals surface area contributed by atoms with Crippen LogP contribution in [0.3, 0.4) is 0 Å². The molecule has 1 saturated heterocycles. The van der Waals surface area contributed by atoms with Gasteiger partial charge in [0.25, 0.3) is 11.7 Å². The van der Waals surface area contributed by atoms with Crippen molar-refractivity contribution in [3.8, 4) is 23.0 Å². The second kappa shape index (κ2) is 10.9. The lowest BCUT2D eigenvalue weighted by Crippen LogP contribution is -2.29. The number of rotatable bonds is 7. The summed E-state index contributed by atoms with van der Waals surface area (Å²) in [5.41, 5.74) is 0.815. The van der Waals surface area contributed by atoms with Crippen molar-refractivity contribution in [1.29, 1.82) is 0 Å². The van der Waals surface area contributed by atoms with Crippen LogP contribution >= 0.6 is 11.6 Å². The van der Waals surface area contributed by atoms with Gasteiger partial charge >= 0.3 is 5.97 Å². The molecule has 1 unspecified atom stereocenters. The quantitative estimate of drug-likeness (QED) is 0.149. The van der Waals surface area contributed by atoms with Gasteiger partial charge in [0.1, 0.15) is 28.8 Å². The van der Waals surface area contributed by atoms with Crippen LogP contribution < -0.4 is 23.8 Å². The Kier molecular flexibility index (Phi) is 7.59. The SMILES string of the molecule is COc1ccc(N2C(=O)C(=O)/C(=C(/O)c3cc(Cl)c(OC)cc3OC)C2c2ccc(OC(C)=O)cc2)cc1. The number of esters is 1. The monoisotopic (exact) mass is 537 g/mol. The Balaban J connectivity index is 1.94. The molecular weight excluding hydrogens is 514 g/mol. The smallest absolute Gasteiger partial charge is 0.308 e. The molecule has 0 bridgehead atoms. The van der Waals surface area contributed by atoms with E-state index >= 15 is 0 Å². The highest BCUT2D eigenvalue weighted by Gasteiger charge is 2.47. The van der Waals surface area contributed by atoms with Crippen LogP contribution in [0.15, 0.2) is 66.2 Å². The summed E-state index contributed by atoms with van der Waals surface area (Å²) in [5.74, 6) is -1.39. The Morgan fingerprint density at radius 2 is 1.47 bits per heavy atom. The van der Waals surface area contributed by atoms with E-state index in [0.29, 0.717) is 22.7 Å². The zero-order chi connectivity index (χ0) is 27.6. The van der Waals surface area contributed by atoms with Crippen molar-refractivity contribution in [1.82, 2.24) is 0 Å². The number of benzene rings is 3. The number of ether oxygens (including phenoxy) is 4. The van der Waals surface area contributed by atoms with Gasteiger partial charge in [-0.2, -0.15) is 0 Å². The summed E-state index contributed by atoms with van der Waals surface area (Å²) in [7, 11) is 4.33. The minimum atomic E-state index is -1.03. The molecule has 1 N–H and O–H groups in total. The van der Waals surface area contributed by atoms with Crippen molar-refractivity contribution in [2.24, 2.45) is 0 Å². The molecule has 196 valence electrons. The van der Waals surface area contributed by atoms with Crippen LogP contribution in [0.1, 0.15) is 24.1 Å². The number of aliphatic hydroxyl groups is 1. The highest BCUT2D eigenvalue weighted by molar-refractivity contribution is 6.51. The maximum Gasteiger partial charge on any atom is 0.308 e. The molecule has 1 heterocycles. The summed E-state index contributed by atoms with van der Waals surface area (Å²) in [6, 6.07) is 14.7. The largest absolute Gasteiger partial charge is 0.507 e. The van der Waals surface area contributed by atoms with Crippen LogP contribution in [0.25, 0.3) is 5.76 Å². The summed E-state index contributed by atoms with van der Waals surface area (Å²) >= 11 is 6.31. The molecule has 0 radical (unpaired) electrons.